The Morgan fingerprint density at radius 2 is 1.19 bits per heavy atom. The summed E-state index contributed by atoms with van der Waals surface area (Å²) in [5.41, 5.74) is 10.4. The molecule has 0 saturated carbocycles. The first-order chi connectivity index (χ1) is 17.6. The van der Waals surface area contributed by atoms with Gasteiger partial charge >= 0.3 is 0 Å². The number of hydrogen-bond donors (Lipinski definition) is 0. The van der Waals surface area contributed by atoms with Crippen molar-refractivity contribution in [1.82, 2.24) is 14.5 Å². The smallest absolute Gasteiger partial charge is 0.235 e. The van der Waals surface area contributed by atoms with Crippen LogP contribution in [-0.2, 0) is 5.41 Å². The van der Waals surface area contributed by atoms with Crippen molar-refractivity contribution in [3.05, 3.63) is 127 Å². The monoisotopic (exact) mass is 463 g/mol. The quantitative estimate of drug-likeness (QED) is 0.266. The molecule has 0 spiro atoms. The molecule has 172 valence electrons. The highest BCUT2D eigenvalue weighted by molar-refractivity contribution is 5.93. The zero-order chi connectivity index (χ0) is 24.3. The molecule has 36 heavy (non-hydrogen) atoms. The van der Waals surface area contributed by atoms with Gasteiger partial charge in [-0.1, -0.05) is 98.8 Å². The molecule has 3 heteroatoms. The molecule has 0 radical (unpaired) electrons. The fraction of sp³-hybridized carbons (Fsp3) is 0.0909. The Morgan fingerprint density at radius 1 is 0.583 bits per heavy atom. The van der Waals surface area contributed by atoms with Crippen molar-refractivity contribution in [2.75, 3.05) is 0 Å². The summed E-state index contributed by atoms with van der Waals surface area (Å²) >= 11 is 0. The van der Waals surface area contributed by atoms with E-state index in [0.717, 1.165) is 28.0 Å². The van der Waals surface area contributed by atoms with Gasteiger partial charge in [-0.25, -0.2) is 9.97 Å². The van der Waals surface area contributed by atoms with E-state index in [1.165, 1.54) is 27.6 Å². The third-order valence-electron chi connectivity index (χ3n) is 7.46. The first-order valence-corrected chi connectivity index (χ1v) is 12.4. The Balaban J connectivity index is 1.45. The van der Waals surface area contributed by atoms with E-state index in [-0.39, 0.29) is 5.41 Å². The molecule has 0 fully saturated rings. The summed E-state index contributed by atoms with van der Waals surface area (Å²) in [4.78, 5) is 10.1. The molecule has 0 amide bonds. The summed E-state index contributed by atoms with van der Waals surface area (Å²) in [6, 6.07) is 38.3. The first kappa shape index (κ1) is 20.8. The van der Waals surface area contributed by atoms with Crippen LogP contribution in [0, 0.1) is 0 Å². The minimum atomic E-state index is -0.0584. The molecule has 0 bridgehead atoms. The van der Waals surface area contributed by atoms with Crippen LogP contribution in [0.2, 0.25) is 0 Å². The van der Waals surface area contributed by atoms with Gasteiger partial charge in [0.15, 0.2) is 0 Å². The first-order valence-electron chi connectivity index (χ1n) is 12.4. The molecule has 2 aromatic heterocycles. The summed E-state index contributed by atoms with van der Waals surface area (Å²) < 4.78 is 2.13. The Hall–Kier alpha value is -4.50. The van der Waals surface area contributed by atoms with Gasteiger partial charge in [0.2, 0.25) is 5.95 Å². The third kappa shape index (κ3) is 3.13. The van der Waals surface area contributed by atoms with Crippen molar-refractivity contribution in [3.8, 4) is 39.6 Å². The largest absolute Gasteiger partial charge is 0.285 e. The van der Waals surface area contributed by atoms with Gasteiger partial charge in [0, 0.05) is 28.1 Å². The van der Waals surface area contributed by atoms with Crippen LogP contribution >= 0.6 is 0 Å². The Kier molecular flexibility index (Phi) is 4.49. The van der Waals surface area contributed by atoms with Gasteiger partial charge in [0.25, 0.3) is 0 Å². The summed E-state index contributed by atoms with van der Waals surface area (Å²) in [7, 11) is 0. The van der Waals surface area contributed by atoms with Crippen LogP contribution in [0.3, 0.4) is 0 Å². The van der Waals surface area contributed by atoms with Crippen molar-refractivity contribution in [1.29, 1.82) is 0 Å². The van der Waals surface area contributed by atoms with Crippen LogP contribution in [0.4, 0.5) is 0 Å². The zero-order valence-corrected chi connectivity index (χ0v) is 20.3. The van der Waals surface area contributed by atoms with Crippen LogP contribution in [0.15, 0.2) is 115 Å². The van der Waals surface area contributed by atoms with E-state index < -0.39 is 0 Å². The normalized spacial score (nSPS) is 13.5. The molecule has 0 atom stereocenters. The maximum atomic E-state index is 5.04. The minimum absolute atomic E-state index is 0.0584. The predicted molar refractivity (Wildman–Crippen MR) is 147 cm³/mol. The van der Waals surface area contributed by atoms with Crippen molar-refractivity contribution in [2.45, 2.75) is 19.3 Å². The lowest BCUT2D eigenvalue weighted by Crippen LogP contribution is -2.15. The second-order valence-corrected chi connectivity index (χ2v) is 9.98. The second-order valence-electron chi connectivity index (χ2n) is 9.98. The zero-order valence-electron chi connectivity index (χ0n) is 20.3. The molecule has 6 aromatic rings. The molecule has 4 aromatic carbocycles. The maximum Gasteiger partial charge on any atom is 0.235 e. The Bertz CT molecular complexity index is 1690. The van der Waals surface area contributed by atoms with Crippen LogP contribution in [0.1, 0.15) is 25.0 Å². The molecular formula is C33H25N3. The Labute approximate surface area is 210 Å². The molecule has 7 rings (SSSR count). The van der Waals surface area contributed by atoms with Gasteiger partial charge in [-0.3, -0.25) is 4.57 Å². The predicted octanol–water partition coefficient (Wildman–Crippen LogP) is 8.06. The topological polar surface area (TPSA) is 30.7 Å². The van der Waals surface area contributed by atoms with Crippen LogP contribution in [0.25, 0.3) is 50.5 Å². The molecule has 1 aliphatic carbocycles. The summed E-state index contributed by atoms with van der Waals surface area (Å²) in [5.74, 6) is 0.679. The molecular weight excluding hydrogens is 438 g/mol. The lowest BCUT2D eigenvalue weighted by Gasteiger charge is -2.21. The lowest BCUT2D eigenvalue weighted by molar-refractivity contribution is 0.661. The molecule has 0 unspecified atom stereocenters. The van der Waals surface area contributed by atoms with Crippen molar-refractivity contribution in [2.24, 2.45) is 0 Å². The maximum absolute atomic E-state index is 5.04. The number of benzene rings is 4. The Morgan fingerprint density at radius 3 is 1.86 bits per heavy atom. The number of hydrogen-bond acceptors (Lipinski definition) is 2. The molecule has 0 saturated heterocycles. The van der Waals surface area contributed by atoms with Gasteiger partial charge < -0.3 is 0 Å². The van der Waals surface area contributed by atoms with Crippen LogP contribution in [0.5, 0.6) is 0 Å². The fourth-order valence-corrected chi connectivity index (χ4v) is 5.56. The molecule has 1 aliphatic rings. The van der Waals surface area contributed by atoms with Gasteiger partial charge in [-0.2, -0.15) is 0 Å². The van der Waals surface area contributed by atoms with Crippen LogP contribution < -0.4 is 0 Å². The lowest BCUT2D eigenvalue weighted by atomic mass is 9.82. The summed E-state index contributed by atoms with van der Waals surface area (Å²) in [6.45, 7) is 4.63. The highest BCUT2D eigenvalue weighted by Crippen LogP contribution is 2.49. The number of fused-ring (bicyclic) bond motifs is 4. The standard InChI is InChI=1S/C33H25N3/c1-33(2)27-16-10-9-15-25(27)26-19-24-17-18-36(31(24)20-28(26)33)32-34-29(22-11-5-3-6-12-22)21-30(35-32)23-13-7-4-8-14-23/h3-21H,1-2H3. The van der Waals surface area contributed by atoms with Gasteiger partial charge in [0.05, 0.1) is 16.9 Å². The van der Waals surface area contributed by atoms with Gasteiger partial charge in [0.1, 0.15) is 0 Å². The molecule has 2 heterocycles. The number of aromatic nitrogens is 3. The molecule has 0 aliphatic heterocycles. The highest BCUT2D eigenvalue weighted by Gasteiger charge is 2.35. The summed E-state index contributed by atoms with van der Waals surface area (Å²) in [6.07, 6.45) is 2.09. The van der Waals surface area contributed by atoms with E-state index in [2.05, 4.69) is 97.4 Å². The summed E-state index contributed by atoms with van der Waals surface area (Å²) in [5, 5.41) is 1.19. The molecule has 0 N–H and O–H groups in total. The number of rotatable bonds is 3. The van der Waals surface area contributed by atoms with Crippen molar-refractivity contribution in [3.63, 3.8) is 0 Å². The van der Waals surface area contributed by atoms with E-state index >= 15 is 0 Å². The van der Waals surface area contributed by atoms with E-state index in [4.69, 9.17) is 9.97 Å². The van der Waals surface area contributed by atoms with E-state index in [1.54, 1.807) is 0 Å². The fourth-order valence-electron chi connectivity index (χ4n) is 5.56. The van der Waals surface area contributed by atoms with Gasteiger partial charge in [-0.15, -0.1) is 0 Å². The van der Waals surface area contributed by atoms with E-state index in [0.29, 0.717) is 5.95 Å². The highest BCUT2D eigenvalue weighted by atomic mass is 15.1. The molecule has 3 nitrogen and oxygen atoms in total. The number of nitrogens with zero attached hydrogens (tertiary/aromatic N) is 3. The van der Waals surface area contributed by atoms with E-state index in [9.17, 15) is 0 Å². The third-order valence-corrected chi connectivity index (χ3v) is 7.46. The average molecular weight is 464 g/mol. The van der Waals surface area contributed by atoms with E-state index in [1.807, 2.05) is 36.4 Å². The minimum Gasteiger partial charge on any atom is -0.285 e. The van der Waals surface area contributed by atoms with Crippen molar-refractivity contribution < 1.29 is 0 Å². The average Bonchev–Trinajstić information content (AvgIpc) is 3.45. The second kappa shape index (κ2) is 7.76. The van der Waals surface area contributed by atoms with Gasteiger partial charge in [-0.05, 0) is 46.5 Å². The van der Waals surface area contributed by atoms with Crippen LogP contribution in [-0.4, -0.2) is 14.5 Å². The van der Waals surface area contributed by atoms with Crippen molar-refractivity contribution >= 4 is 10.9 Å². The SMILES string of the molecule is CC1(C)c2ccccc2-c2cc3ccn(-c4nc(-c5ccccc5)cc(-c5ccccc5)n4)c3cc21.